The molecule has 1 aliphatic carbocycles. The lowest BCUT2D eigenvalue weighted by molar-refractivity contribution is 0.0456. The first-order valence-corrected chi connectivity index (χ1v) is 10.3. The number of primary sulfonamides is 1. The van der Waals surface area contributed by atoms with Gasteiger partial charge in [-0.25, -0.2) is 18.4 Å². The Hall–Kier alpha value is -1.90. The second-order valence-corrected chi connectivity index (χ2v) is 8.47. The van der Waals surface area contributed by atoms with Gasteiger partial charge in [-0.15, -0.1) is 11.3 Å². The Kier molecular flexibility index (Phi) is 5.41. The summed E-state index contributed by atoms with van der Waals surface area (Å²) in [4.78, 5) is 14.0. The number of aryl methyl sites for hydroxylation is 2. The minimum Gasteiger partial charge on any atom is -0.490 e. The molecule has 0 amide bonds. The molecule has 8 heteroatoms. The van der Waals surface area contributed by atoms with Crippen LogP contribution in [0.1, 0.15) is 33.0 Å². The predicted molar refractivity (Wildman–Crippen MR) is 94.6 cm³/mol. The van der Waals surface area contributed by atoms with Crippen molar-refractivity contribution in [2.75, 3.05) is 13.2 Å². The maximum atomic E-state index is 12.1. The molecular formula is C17H19NO5S2. The highest BCUT2D eigenvalue weighted by molar-refractivity contribution is 7.89. The SMILES string of the molecule is NS(=O)(=O)c1ccc(OCCOC(=O)c2cc3c(s2)CCCC3)cc1. The van der Waals surface area contributed by atoms with E-state index in [4.69, 9.17) is 14.6 Å². The van der Waals surface area contributed by atoms with E-state index in [2.05, 4.69) is 0 Å². The number of benzene rings is 1. The Morgan fingerprint density at radius 1 is 1.12 bits per heavy atom. The van der Waals surface area contributed by atoms with Gasteiger partial charge in [0.2, 0.25) is 10.0 Å². The van der Waals surface area contributed by atoms with Crippen molar-refractivity contribution in [2.24, 2.45) is 5.14 Å². The van der Waals surface area contributed by atoms with Gasteiger partial charge in [0.05, 0.1) is 4.90 Å². The van der Waals surface area contributed by atoms with Crippen molar-refractivity contribution >= 4 is 27.3 Å². The van der Waals surface area contributed by atoms with Crippen LogP contribution in [0.2, 0.25) is 0 Å². The van der Waals surface area contributed by atoms with Gasteiger partial charge < -0.3 is 9.47 Å². The van der Waals surface area contributed by atoms with Gasteiger partial charge in [-0.2, -0.15) is 0 Å². The molecule has 3 rings (SSSR count). The molecule has 2 aromatic rings. The zero-order valence-electron chi connectivity index (χ0n) is 13.6. The van der Waals surface area contributed by atoms with E-state index in [0.717, 1.165) is 12.8 Å². The Bertz CT molecular complexity index is 832. The van der Waals surface area contributed by atoms with Crippen molar-refractivity contribution in [3.05, 3.63) is 45.6 Å². The number of nitrogens with two attached hydrogens (primary N) is 1. The van der Waals surface area contributed by atoms with Crippen molar-refractivity contribution in [1.29, 1.82) is 0 Å². The Balaban J connectivity index is 1.46. The molecule has 0 unspecified atom stereocenters. The molecule has 0 saturated carbocycles. The van der Waals surface area contributed by atoms with Gasteiger partial charge in [-0.05, 0) is 61.6 Å². The van der Waals surface area contributed by atoms with Crippen LogP contribution in [0.3, 0.4) is 0 Å². The molecule has 1 aromatic heterocycles. The lowest BCUT2D eigenvalue weighted by Gasteiger charge is -2.08. The Morgan fingerprint density at radius 2 is 1.84 bits per heavy atom. The molecule has 0 bridgehead atoms. The van der Waals surface area contributed by atoms with Crippen LogP contribution in [0.15, 0.2) is 35.2 Å². The zero-order valence-corrected chi connectivity index (χ0v) is 15.2. The summed E-state index contributed by atoms with van der Waals surface area (Å²) in [6, 6.07) is 7.69. The summed E-state index contributed by atoms with van der Waals surface area (Å²) >= 11 is 1.52. The number of carbonyl (C=O) groups is 1. The van der Waals surface area contributed by atoms with Crippen LogP contribution >= 0.6 is 11.3 Å². The maximum Gasteiger partial charge on any atom is 0.348 e. The Labute approximate surface area is 150 Å². The minimum atomic E-state index is -3.71. The number of rotatable bonds is 6. The highest BCUT2D eigenvalue weighted by atomic mass is 32.2. The molecule has 134 valence electrons. The molecule has 0 atom stereocenters. The van der Waals surface area contributed by atoms with E-state index < -0.39 is 10.0 Å². The van der Waals surface area contributed by atoms with Crippen molar-refractivity contribution in [1.82, 2.24) is 0 Å². The van der Waals surface area contributed by atoms with Crippen LogP contribution in [0.25, 0.3) is 0 Å². The second kappa shape index (κ2) is 7.55. The fraction of sp³-hybridized carbons (Fsp3) is 0.353. The molecule has 0 radical (unpaired) electrons. The van der Waals surface area contributed by atoms with Gasteiger partial charge >= 0.3 is 5.97 Å². The quantitative estimate of drug-likeness (QED) is 0.613. The average Bonchev–Trinajstić information content (AvgIpc) is 3.02. The van der Waals surface area contributed by atoms with Crippen LogP contribution in [0, 0.1) is 0 Å². The molecule has 2 N–H and O–H groups in total. The fourth-order valence-electron chi connectivity index (χ4n) is 2.68. The van der Waals surface area contributed by atoms with Crippen LogP contribution in [0.4, 0.5) is 0 Å². The first-order chi connectivity index (χ1) is 11.9. The van der Waals surface area contributed by atoms with Gasteiger partial charge in [0, 0.05) is 4.88 Å². The van der Waals surface area contributed by atoms with Crippen molar-refractivity contribution < 1.29 is 22.7 Å². The summed E-state index contributed by atoms with van der Waals surface area (Å²) in [6.45, 7) is 0.309. The molecule has 0 fully saturated rings. The van der Waals surface area contributed by atoms with Gasteiger partial charge in [0.1, 0.15) is 23.8 Å². The molecule has 0 spiro atoms. The Morgan fingerprint density at radius 3 is 2.52 bits per heavy atom. The van der Waals surface area contributed by atoms with Crippen molar-refractivity contribution in [3.8, 4) is 5.75 Å². The number of carbonyl (C=O) groups excluding carboxylic acids is 1. The van der Waals surface area contributed by atoms with Gasteiger partial charge in [-0.1, -0.05) is 0 Å². The molecule has 0 aliphatic heterocycles. The van der Waals surface area contributed by atoms with Gasteiger partial charge in [-0.3, -0.25) is 0 Å². The summed E-state index contributed by atoms with van der Waals surface area (Å²) < 4.78 is 33.0. The number of esters is 1. The third kappa shape index (κ3) is 4.59. The third-order valence-corrected chi connectivity index (χ3v) is 6.08. The molecule has 1 heterocycles. The van der Waals surface area contributed by atoms with E-state index in [1.54, 1.807) is 0 Å². The summed E-state index contributed by atoms with van der Waals surface area (Å²) in [5.74, 6) is 0.155. The molecule has 6 nitrogen and oxygen atoms in total. The monoisotopic (exact) mass is 381 g/mol. The van der Waals surface area contributed by atoms with E-state index in [9.17, 15) is 13.2 Å². The van der Waals surface area contributed by atoms with E-state index in [1.807, 2.05) is 6.07 Å². The lowest BCUT2D eigenvalue weighted by Crippen LogP contribution is -2.13. The first kappa shape index (κ1) is 17.9. The summed E-state index contributed by atoms with van der Waals surface area (Å²) in [5, 5.41) is 5.03. The number of hydrogen-bond acceptors (Lipinski definition) is 6. The van der Waals surface area contributed by atoms with E-state index in [0.29, 0.717) is 10.6 Å². The van der Waals surface area contributed by atoms with Crippen LogP contribution in [-0.4, -0.2) is 27.6 Å². The summed E-state index contributed by atoms with van der Waals surface area (Å²) in [7, 11) is -3.71. The molecule has 0 saturated heterocycles. The molecule has 1 aromatic carbocycles. The lowest BCUT2D eigenvalue weighted by atomic mass is 9.99. The third-order valence-electron chi connectivity index (χ3n) is 3.94. The fourth-order valence-corrected chi connectivity index (χ4v) is 4.34. The number of thiophene rings is 1. The van der Waals surface area contributed by atoms with Crippen molar-refractivity contribution in [3.63, 3.8) is 0 Å². The van der Waals surface area contributed by atoms with E-state index in [1.165, 1.54) is 58.9 Å². The number of sulfonamides is 1. The van der Waals surface area contributed by atoms with Crippen LogP contribution in [-0.2, 0) is 27.6 Å². The number of fused-ring (bicyclic) bond motifs is 1. The van der Waals surface area contributed by atoms with Gasteiger partial charge in [0.25, 0.3) is 0 Å². The predicted octanol–water partition coefficient (Wildman–Crippen LogP) is 2.51. The molecule has 1 aliphatic rings. The average molecular weight is 381 g/mol. The van der Waals surface area contributed by atoms with Crippen LogP contribution < -0.4 is 9.88 Å². The topological polar surface area (TPSA) is 95.7 Å². The number of ether oxygens (including phenoxy) is 2. The first-order valence-electron chi connectivity index (χ1n) is 7.98. The highest BCUT2D eigenvalue weighted by Gasteiger charge is 2.18. The standard InChI is InChI=1S/C17H19NO5S2/c18-25(20,21)14-7-5-13(6-8-14)22-9-10-23-17(19)16-11-12-3-1-2-4-15(12)24-16/h5-8,11H,1-4,9-10H2,(H2,18,20,21). The largest absolute Gasteiger partial charge is 0.490 e. The minimum absolute atomic E-state index is 0.0212. The summed E-state index contributed by atoms with van der Waals surface area (Å²) in [6.07, 6.45) is 4.44. The van der Waals surface area contributed by atoms with Gasteiger partial charge in [0.15, 0.2) is 0 Å². The smallest absolute Gasteiger partial charge is 0.348 e. The molecular weight excluding hydrogens is 362 g/mol. The molecule has 25 heavy (non-hydrogen) atoms. The zero-order chi connectivity index (χ0) is 17.9. The second-order valence-electron chi connectivity index (χ2n) is 5.77. The summed E-state index contributed by atoms with van der Waals surface area (Å²) in [5.41, 5.74) is 1.27. The van der Waals surface area contributed by atoms with Crippen LogP contribution in [0.5, 0.6) is 5.75 Å². The van der Waals surface area contributed by atoms with E-state index in [-0.39, 0.29) is 24.1 Å². The highest BCUT2D eigenvalue weighted by Crippen LogP contribution is 2.30. The number of hydrogen-bond donors (Lipinski definition) is 1. The normalized spacial score (nSPS) is 14.0. The van der Waals surface area contributed by atoms with Crippen molar-refractivity contribution in [2.45, 2.75) is 30.6 Å². The van der Waals surface area contributed by atoms with E-state index >= 15 is 0 Å². The maximum absolute atomic E-state index is 12.1.